The maximum atomic E-state index is 13.5. The van der Waals surface area contributed by atoms with Gasteiger partial charge in [-0.15, -0.1) is 11.6 Å². The maximum absolute atomic E-state index is 13.5. The number of anilines is 1. The molecule has 0 aliphatic carbocycles. The van der Waals surface area contributed by atoms with Gasteiger partial charge in [0.15, 0.2) is 0 Å². The molecule has 2 aromatic rings. The number of aromatic nitrogens is 1. The number of benzene rings is 1. The summed E-state index contributed by atoms with van der Waals surface area (Å²) in [7, 11) is 0. The molecule has 0 spiro atoms. The largest absolute Gasteiger partial charge is 0.390 e. The number of hydrogen-bond acceptors (Lipinski definition) is 3. The number of amides is 1. The van der Waals surface area contributed by atoms with Gasteiger partial charge in [-0.05, 0) is 35.7 Å². The van der Waals surface area contributed by atoms with Crippen molar-refractivity contribution in [1.29, 1.82) is 0 Å². The van der Waals surface area contributed by atoms with E-state index in [1.807, 2.05) is 26.0 Å². The normalized spacial score (nSPS) is 15.3. The average Bonchev–Trinajstić information content (AvgIpc) is 2.84. The highest BCUT2D eigenvalue weighted by molar-refractivity contribution is 6.29. The summed E-state index contributed by atoms with van der Waals surface area (Å²) in [4.78, 5) is 18.5. The third-order valence-electron chi connectivity index (χ3n) is 4.50. The van der Waals surface area contributed by atoms with Gasteiger partial charge in [-0.3, -0.25) is 9.78 Å². The average molecular weight is 363 g/mol. The van der Waals surface area contributed by atoms with Crippen molar-refractivity contribution in [1.82, 2.24) is 4.98 Å². The van der Waals surface area contributed by atoms with E-state index in [-0.39, 0.29) is 29.6 Å². The molecule has 6 heteroatoms. The summed E-state index contributed by atoms with van der Waals surface area (Å²) >= 11 is 5.74. The van der Waals surface area contributed by atoms with Crippen LogP contribution in [0.1, 0.15) is 36.4 Å². The molecule has 132 valence electrons. The zero-order valence-electron chi connectivity index (χ0n) is 14.2. The number of hydrogen-bond donors (Lipinski definition) is 1. The smallest absolute Gasteiger partial charge is 0.241 e. The number of aliphatic hydroxyl groups excluding tert-OH is 1. The molecule has 1 aliphatic rings. The van der Waals surface area contributed by atoms with Gasteiger partial charge >= 0.3 is 0 Å². The number of carbonyl (C=O) groups excluding carboxylic acids is 1. The fourth-order valence-corrected chi connectivity index (χ4v) is 3.44. The number of fused-ring (bicyclic) bond motifs is 1. The van der Waals surface area contributed by atoms with E-state index in [0.717, 1.165) is 22.5 Å². The number of pyridine rings is 1. The molecule has 25 heavy (non-hydrogen) atoms. The molecular formula is C19H20ClFN2O2. The lowest BCUT2D eigenvalue weighted by atomic mass is 9.90. The van der Waals surface area contributed by atoms with Crippen molar-refractivity contribution in [2.75, 3.05) is 17.3 Å². The lowest BCUT2D eigenvalue weighted by Crippen LogP contribution is -2.34. The van der Waals surface area contributed by atoms with Crippen molar-refractivity contribution in [3.8, 4) is 0 Å². The number of carbonyl (C=O) groups is 1. The molecule has 1 aliphatic heterocycles. The number of nitrogens with zero attached hydrogens (tertiary/aromatic N) is 2. The van der Waals surface area contributed by atoms with Crippen molar-refractivity contribution < 1.29 is 14.3 Å². The summed E-state index contributed by atoms with van der Waals surface area (Å²) in [6.07, 6.45) is 0.428. The minimum Gasteiger partial charge on any atom is -0.390 e. The highest BCUT2D eigenvalue weighted by atomic mass is 35.5. The fourth-order valence-electron chi connectivity index (χ4n) is 3.29. The second-order valence-electron chi connectivity index (χ2n) is 6.92. The quantitative estimate of drug-likeness (QED) is 0.850. The first-order valence-electron chi connectivity index (χ1n) is 8.10. The topological polar surface area (TPSA) is 53.4 Å². The number of rotatable bonds is 4. The van der Waals surface area contributed by atoms with Gasteiger partial charge in [-0.1, -0.05) is 26.0 Å². The fraction of sp³-hybridized carbons (Fsp3) is 0.368. The molecule has 3 rings (SSSR count). The third-order valence-corrected chi connectivity index (χ3v) is 4.73. The molecule has 0 saturated carbocycles. The summed E-state index contributed by atoms with van der Waals surface area (Å²) in [6.45, 7) is 4.30. The van der Waals surface area contributed by atoms with Crippen LogP contribution in [-0.4, -0.2) is 28.4 Å². The monoisotopic (exact) mass is 362 g/mol. The van der Waals surface area contributed by atoms with Crippen LogP contribution in [0, 0.1) is 5.82 Å². The molecule has 0 bridgehead atoms. The van der Waals surface area contributed by atoms with Crippen molar-refractivity contribution in [2.24, 2.45) is 0 Å². The van der Waals surface area contributed by atoms with E-state index < -0.39 is 0 Å². The van der Waals surface area contributed by atoms with Gasteiger partial charge in [-0.2, -0.15) is 0 Å². The Kier molecular flexibility index (Phi) is 4.80. The first-order valence-corrected chi connectivity index (χ1v) is 8.64. The molecule has 1 N–H and O–H groups in total. The van der Waals surface area contributed by atoms with Gasteiger partial charge in [0.1, 0.15) is 11.7 Å². The van der Waals surface area contributed by atoms with Gasteiger partial charge in [-0.25, -0.2) is 4.39 Å². The number of halogens is 2. The van der Waals surface area contributed by atoms with E-state index >= 15 is 0 Å². The summed E-state index contributed by atoms with van der Waals surface area (Å²) in [5, 5.41) is 9.74. The molecular weight excluding hydrogens is 343 g/mol. The van der Waals surface area contributed by atoms with E-state index in [0.29, 0.717) is 18.7 Å². The predicted molar refractivity (Wildman–Crippen MR) is 95.5 cm³/mol. The van der Waals surface area contributed by atoms with Gasteiger partial charge in [0.25, 0.3) is 0 Å². The highest BCUT2D eigenvalue weighted by Gasteiger charge is 2.39. The molecule has 1 aromatic carbocycles. The van der Waals surface area contributed by atoms with Crippen molar-refractivity contribution in [3.63, 3.8) is 0 Å². The standard InChI is InChI=1S/C19H20ClFN2O2/c1-19(2)11-23(17(25)9-20)16-8-13(15(10-24)22-18(16)19)6-12-4-3-5-14(21)7-12/h3-5,7-8,24H,6,9-11H2,1-2H3. The second-order valence-corrected chi connectivity index (χ2v) is 7.19. The molecule has 1 amide bonds. The van der Waals surface area contributed by atoms with Crippen LogP contribution < -0.4 is 4.90 Å². The zero-order chi connectivity index (χ0) is 18.2. The molecule has 0 fully saturated rings. The van der Waals surface area contributed by atoms with Crippen LogP contribution in [0.2, 0.25) is 0 Å². The van der Waals surface area contributed by atoms with E-state index in [1.54, 1.807) is 11.0 Å². The third kappa shape index (κ3) is 3.39. The number of alkyl halides is 1. The van der Waals surface area contributed by atoms with Gasteiger partial charge in [0.2, 0.25) is 5.91 Å². The van der Waals surface area contributed by atoms with Crippen LogP contribution in [0.5, 0.6) is 0 Å². The SMILES string of the molecule is CC1(C)CN(C(=O)CCl)c2cc(Cc3cccc(F)c3)c(CO)nc21. The lowest BCUT2D eigenvalue weighted by molar-refractivity contribution is -0.116. The molecule has 0 atom stereocenters. The zero-order valence-corrected chi connectivity index (χ0v) is 15.0. The summed E-state index contributed by atoms with van der Waals surface area (Å²) < 4.78 is 13.5. The summed E-state index contributed by atoms with van der Waals surface area (Å²) in [5.41, 5.74) is 3.28. The summed E-state index contributed by atoms with van der Waals surface area (Å²) in [5.74, 6) is -0.586. The van der Waals surface area contributed by atoms with Crippen molar-refractivity contribution in [2.45, 2.75) is 32.3 Å². The van der Waals surface area contributed by atoms with Crippen LogP contribution in [0.25, 0.3) is 0 Å². The molecule has 4 nitrogen and oxygen atoms in total. The van der Waals surface area contributed by atoms with Gasteiger partial charge in [0, 0.05) is 12.0 Å². The Labute approximate surface area is 151 Å². The Morgan fingerprint density at radius 1 is 1.40 bits per heavy atom. The predicted octanol–water partition coefficient (Wildman–Crippen LogP) is 3.17. The Hall–Kier alpha value is -1.98. The molecule has 0 radical (unpaired) electrons. The molecule has 2 heterocycles. The highest BCUT2D eigenvalue weighted by Crippen LogP contribution is 2.40. The first kappa shape index (κ1) is 17.8. The number of aliphatic hydroxyl groups is 1. The molecule has 1 aromatic heterocycles. The molecule has 0 saturated heterocycles. The first-order chi connectivity index (χ1) is 11.9. The van der Waals surface area contributed by atoms with Crippen LogP contribution in [-0.2, 0) is 23.2 Å². The van der Waals surface area contributed by atoms with Gasteiger partial charge < -0.3 is 10.0 Å². The van der Waals surface area contributed by atoms with Crippen molar-refractivity contribution in [3.05, 3.63) is 58.7 Å². The maximum Gasteiger partial charge on any atom is 0.241 e. The van der Waals surface area contributed by atoms with Crippen LogP contribution >= 0.6 is 11.6 Å². The second kappa shape index (κ2) is 6.73. The summed E-state index contributed by atoms with van der Waals surface area (Å²) in [6, 6.07) is 8.19. The Morgan fingerprint density at radius 3 is 2.80 bits per heavy atom. The van der Waals surface area contributed by atoms with Crippen LogP contribution in [0.4, 0.5) is 10.1 Å². The Bertz CT molecular complexity index is 823. The molecule has 0 unspecified atom stereocenters. The van der Waals surface area contributed by atoms with E-state index in [9.17, 15) is 14.3 Å². The van der Waals surface area contributed by atoms with Crippen LogP contribution in [0.15, 0.2) is 30.3 Å². The van der Waals surface area contributed by atoms with Crippen LogP contribution in [0.3, 0.4) is 0 Å². The van der Waals surface area contributed by atoms with Gasteiger partial charge in [0.05, 0.1) is 23.7 Å². The minimum absolute atomic E-state index is 0.101. The lowest BCUT2D eigenvalue weighted by Gasteiger charge is -2.19. The van der Waals surface area contributed by atoms with E-state index in [1.165, 1.54) is 12.1 Å². The van der Waals surface area contributed by atoms with E-state index in [2.05, 4.69) is 4.98 Å². The Balaban J connectivity index is 2.07. The van der Waals surface area contributed by atoms with E-state index in [4.69, 9.17) is 11.6 Å². The van der Waals surface area contributed by atoms with Crippen molar-refractivity contribution >= 4 is 23.2 Å². The Morgan fingerprint density at radius 2 is 2.16 bits per heavy atom. The minimum atomic E-state index is -0.321.